The van der Waals surface area contributed by atoms with E-state index in [9.17, 15) is 9.90 Å². The first-order chi connectivity index (χ1) is 8.70. The van der Waals surface area contributed by atoms with E-state index in [2.05, 4.69) is 4.98 Å². The molecule has 1 heterocycles. The van der Waals surface area contributed by atoms with Crippen LogP contribution < -0.4 is 9.84 Å². The van der Waals surface area contributed by atoms with Crippen molar-refractivity contribution >= 4 is 17.7 Å². The molecule has 0 unspecified atom stereocenters. The normalized spacial score (nSPS) is 10.3. The van der Waals surface area contributed by atoms with Gasteiger partial charge in [0.1, 0.15) is 5.75 Å². The van der Waals surface area contributed by atoms with Crippen LogP contribution in [0, 0.1) is 0 Å². The maximum absolute atomic E-state index is 10.4. The fraction of sp³-hybridized carbons (Fsp3) is 0.167. The summed E-state index contributed by atoms with van der Waals surface area (Å²) in [5.74, 6) is -0.459. The number of imidazole rings is 1. The molecule has 18 heavy (non-hydrogen) atoms. The molecule has 2 aromatic rings. The highest BCUT2D eigenvalue weighted by atomic mass is 32.2. The van der Waals surface area contributed by atoms with Gasteiger partial charge in [0.25, 0.3) is 0 Å². The van der Waals surface area contributed by atoms with E-state index >= 15 is 0 Å². The molecule has 0 atom stereocenters. The Labute approximate surface area is 108 Å². The zero-order valence-corrected chi connectivity index (χ0v) is 10.5. The lowest BCUT2D eigenvalue weighted by atomic mass is 10.3. The minimum Gasteiger partial charge on any atom is -0.549 e. The Morgan fingerprint density at radius 1 is 1.44 bits per heavy atom. The van der Waals surface area contributed by atoms with Crippen LogP contribution in [0.2, 0.25) is 0 Å². The average molecular weight is 263 g/mol. The molecule has 0 spiro atoms. The Morgan fingerprint density at radius 3 is 2.78 bits per heavy atom. The van der Waals surface area contributed by atoms with Gasteiger partial charge in [0.15, 0.2) is 5.16 Å². The second kappa shape index (κ2) is 5.59. The molecule has 5 nitrogen and oxygen atoms in total. The van der Waals surface area contributed by atoms with Gasteiger partial charge in [-0.25, -0.2) is 4.98 Å². The number of nitrogens with zero attached hydrogens (tertiary/aromatic N) is 2. The van der Waals surface area contributed by atoms with Gasteiger partial charge in [0.2, 0.25) is 0 Å². The quantitative estimate of drug-likeness (QED) is 0.744. The maximum atomic E-state index is 10.4. The van der Waals surface area contributed by atoms with Crippen molar-refractivity contribution in [2.75, 3.05) is 12.9 Å². The number of thioether (sulfide) groups is 1. The van der Waals surface area contributed by atoms with Crippen molar-refractivity contribution in [1.82, 2.24) is 9.55 Å². The average Bonchev–Trinajstić information content (AvgIpc) is 2.85. The number of benzene rings is 1. The molecule has 94 valence electrons. The summed E-state index contributed by atoms with van der Waals surface area (Å²) >= 11 is 1.13. The molecular formula is C12H11N2O3S-. The highest BCUT2D eigenvalue weighted by Crippen LogP contribution is 2.21. The lowest BCUT2D eigenvalue weighted by molar-refractivity contribution is -0.301. The van der Waals surface area contributed by atoms with E-state index < -0.39 is 5.97 Å². The van der Waals surface area contributed by atoms with Crippen molar-refractivity contribution in [3.63, 3.8) is 0 Å². The predicted octanol–water partition coefficient (Wildman–Crippen LogP) is 0.723. The van der Waals surface area contributed by atoms with Gasteiger partial charge in [-0.05, 0) is 24.3 Å². The zero-order chi connectivity index (χ0) is 13.0. The Hall–Kier alpha value is -1.95. The smallest absolute Gasteiger partial charge is 0.172 e. The first-order valence-electron chi connectivity index (χ1n) is 5.21. The number of carboxylic acids is 1. The summed E-state index contributed by atoms with van der Waals surface area (Å²) in [5.41, 5.74) is 0.897. The number of hydrogen-bond donors (Lipinski definition) is 0. The van der Waals surface area contributed by atoms with E-state index in [1.165, 1.54) is 0 Å². The number of rotatable bonds is 5. The summed E-state index contributed by atoms with van der Waals surface area (Å²) in [5, 5.41) is 11.1. The lowest BCUT2D eigenvalue weighted by Gasteiger charge is -2.08. The highest BCUT2D eigenvalue weighted by Gasteiger charge is 2.05. The first-order valence-corrected chi connectivity index (χ1v) is 6.19. The van der Waals surface area contributed by atoms with E-state index in [1.54, 1.807) is 19.5 Å². The molecule has 6 heteroatoms. The number of carboxylic acid groups (broad SMARTS) is 1. The SMILES string of the molecule is COc1ccc(-n2ccnc2SCC(=O)[O-])cc1. The number of carbonyl (C=O) groups excluding carboxylic acids is 1. The van der Waals surface area contributed by atoms with E-state index in [4.69, 9.17) is 4.74 Å². The molecule has 0 N–H and O–H groups in total. The summed E-state index contributed by atoms with van der Waals surface area (Å²) in [6, 6.07) is 7.43. The Kier molecular flexibility index (Phi) is 3.88. The van der Waals surface area contributed by atoms with Gasteiger partial charge in [-0.2, -0.15) is 0 Å². The molecule has 1 aromatic heterocycles. The molecule has 0 radical (unpaired) electrons. The predicted molar refractivity (Wildman–Crippen MR) is 65.8 cm³/mol. The molecule has 0 saturated carbocycles. The lowest BCUT2D eigenvalue weighted by Crippen LogP contribution is -2.24. The summed E-state index contributed by atoms with van der Waals surface area (Å²) in [6.45, 7) is 0. The monoisotopic (exact) mass is 263 g/mol. The number of hydrogen-bond acceptors (Lipinski definition) is 5. The Balaban J connectivity index is 2.21. The third kappa shape index (κ3) is 2.84. The van der Waals surface area contributed by atoms with Crippen LogP contribution >= 0.6 is 11.8 Å². The topological polar surface area (TPSA) is 67.2 Å². The van der Waals surface area contributed by atoms with E-state index in [1.807, 2.05) is 28.8 Å². The van der Waals surface area contributed by atoms with E-state index in [-0.39, 0.29) is 5.75 Å². The van der Waals surface area contributed by atoms with Crippen LogP contribution in [-0.4, -0.2) is 28.4 Å². The van der Waals surface area contributed by atoms with Crippen LogP contribution in [-0.2, 0) is 4.79 Å². The molecular weight excluding hydrogens is 252 g/mol. The Morgan fingerprint density at radius 2 is 2.17 bits per heavy atom. The highest BCUT2D eigenvalue weighted by molar-refractivity contribution is 7.99. The van der Waals surface area contributed by atoms with Gasteiger partial charge in [0.05, 0.1) is 13.1 Å². The van der Waals surface area contributed by atoms with Gasteiger partial charge in [0, 0.05) is 23.8 Å². The molecule has 0 fully saturated rings. The summed E-state index contributed by atoms with van der Waals surface area (Å²) < 4.78 is 6.89. The molecule has 0 saturated heterocycles. The number of aliphatic carboxylic acids is 1. The zero-order valence-electron chi connectivity index (χ0n) is 9.70. The first kappa shape index (κ1) is 12.5. The van der Waals surface area contributed by atoms with Crippen molar-refractivity contribution in [2.24, 2.45) is 0 Å². The van der Waals surface area contributed by atoms with Crippen LogP contribution in [0.15, 0.2) is 41.8 Å². The molecule has 0 aliphatic heterocycles. The van der Waals surface area contributed by atoms with Crippen molar-refractivity contribution in [1.29, 1.82) is 0 Å². The number of carbonyl (C=O) groups is 1. The summed E-state index contributed by atoms with van der Waals surface area (Å²) in [6.07, 6.45) is 3.40. The van der Waals surface area contributed by atoms with Gasteiger partial charge in [-0.1, -0.05) is 11.8 Å². The van der Waals surface area contributed by atoms with Crippen molar-refractivity contribution in [3.8, 4) is 11.4 Å². The van der Waals surface area contributed by atoms with Crippen molar-refractivity contribution < 1.29 is 14.6 Å². The third-order valence-corrected chi connectivity index (χ3v) is 3.22. The van der Waals surface area contributed by atoms with Gasteiger partial charge < -0.3 is 14.6 Å². The molecule has 0 amide bonds. The summed E-state index contributed by atoms with van der Waals surface area (Å²) in [4.78, 5) is 14.6. The van der Waals surface area contributed by atoms with Crippen LogP contribution in [0.1, 0.15) is 0 Å². The van der Waals surface area contributed by atoms with Crippen LogP contribution in [0.3, 0.4) is 0 Å². The van der Waals surface area contributed by atoms with Gasteiger partial charge in [-0.3, -0.25) is 4.57 Å². The molecule has 1 aromatic carbocycles. The van der Waals surface area contributed by atoms with Crippen LogP contribution in [0.5, 0.6) is 5.75 Å². The minimum atomic E-state index is -1.11. The summed E-state index contributed by atoms with van der Waals surface area (Å²) in [7, 11) is 1.60. The maximum Gasteiger partial charge on any atom is 0.172 e. The van der Waals surface area contributed by atoms with Crippen LogP contribution in [0.4, 0.5) is 0 Å². The van der Waals surface area contributed by atoms with E-state index in [0.29, 0.717) is 5.16 Å². The van der Waals surface area contributed by atoms with Gasteiger partial charge >= 0.3 is 0 Å². The second-order valence-corrected chi connectivity index (χ2v) is 4.38. The number of aromatic nitrogens is 2. The molecule has 0 aliphatic carbocycles. The van der Waals surface area contributed by atoms with E-state index in [0.717, 1.165) is 23.2 Å². The number of ether oxygens (including phenoxy) is 1. The van der Waals surface area contributed by atoms with Crippen LogP contribution in [0.25, 0.3) is 5.69 Å². The fourth-order valence-electron chi connectivity index (χ4n) is 1.46. The third-order valence-electron chi connectivity index (χ3n) is 2.28. The molecule has 0 aliphatic rings. The number of methoxy groups -OCH3 is 1. The van der Waals surface area contributed by atoms with Gasteiger partial charge in [-0.15, -0.1) is 0 Å². The fourth-order valence-corrected chi connectivity index (χ4v) is 2.15. The Bertz CT molecular complexity index is 537. The molecule has 0 bridgehead atoms. The second-order valence-electron chi connectivity index (χ2n) is 3.44. The minimum absolute atomic E-state index is 0.118. The van der Waals surface area contributed by atoms with Crippen molar-refractivity contribution in [3.05, 3.63) is 36.7 Å². The largest absolute Gasteiger partial charge is 0.549 e. The van der Waals surface area contributed by atoms with Crippen molar-refractivity contribution in [2.45, 2.75) is 5.16 Å². The standard InChI is InChI=1S/C12H12N2O3S/c1-17-10-4-2-9(3-5-10)14-7-6-13-12(14)18-8-11(15)16/h2-7H,8H2,1H3,(H,15,16)/p-1. The molecule has 2 rings (SSSR count).